The van der Waals surface area contributed by atoms with Gasteiger partial charge in [0.15, 0.2) is 11.5 Å². The van der Waals surface area contributed by atoms with Gasteiger partial charge in [-0.1, -0.05) is 0 Å². The van der Waals surface area contributed by atoms with Gasteiger partial charge in [0.2, 0.25) is 5.91 Å². The van der Waals surface area contributed by atoms with Gasteiger partial charge in [-0.2, -0.15) is 13.2 Å². The Labute approximate surface area is 185 Å². The summed E-state index contributed by atoms with van der Waals surface area (Å²) < 4.78 is 48.8. The Hall–Kier alpha value is -3.01. The molecule has 174 valence electrons. The van der Waals surface area contributed by atoms with E-state index in [1.165, 1.54) is 13.2 Å². The molecule has 2 aromatic rings. The highest BCUT2D eigenvalue weighted by molar-refractivity contribution is 5.94. The molecular weight excluding hydrogens is 425 g/mol. The maximum absolute atomic E-state index is 12.8. The molecule has 0 radical (unpaired) electrons. The summed E-state index contributed by atoms with van der Waals surface area (Å²) in [5.74, 6) is 1.44. The van der Waals surface area contributed by atoms with Crippen molar-refractivity contribution in [1.29, 1.82) is 0 Å². The summed E-state index contributed by atoms with van der Waals surface area (Å²) in [6, 6.07) is 7.22. The normalized spacial score (nSPS) is 16.2. The van der Waals surface area contributed by atoms with Crippen molar-refractivity contribution in [1.82, 2.24) is 9.88 Å². The van der Waals surface area contributed by atoms with Crippen LogP contribution in [-0.4, -0.2) is 62.2 Å². The van der Waals surface area contributed by atoms with Crippen molar-refractivity contribution in [3.63, 3.8) is 0 Å². The van der Waals surface area contributed by atoms with Gasteiger partial charge < -0.3 is 19.7 Å². The van der Waals surface area contributed by atoms with E-state index in [2.05, 4.69) is 15.2 Å². The topological polar surface area (TPSA) is 66.9 Å². The second kappa shape index (κ2) is 10.1. The number of nitrogens with zero attached hydrogens (tertiary/aromatic N) is 3. The number of halogens is 3. The lowest BCUT2D eigenvalue weighted by Crippen LogP contribution is -2.44. The number of hydrogen-bond donors (Lipinski definition) is 1. The minimum Gasteiger partial charge on any atom is -0.493 e. The lowest BCUT2D eigenvalue weighted by Gasteiger charge is -2.27. The van der Waals surface area contributed by atoms with Crippen molar-refractivity contribution in [2.45, 2.75) is 25.6 Å². The highest BCUT2D eigenvalue weighted by Gasteiger charge is 2.31. The smallest absolute Gasteiger partial charge is 0.417 e. The molecule has 1 N–H and O–H groups in total. The SMILES string of the molecule is COc1ccc(NC(=O)[C@H](C)N2CCCN(c3ccc(C(F)(F)F)cn3)CC2)cc1OC. The molecule has 0 bridgehead atoms. The molecule has 10 heteroatoms. The number of ether oxygens (including phenoxy) is 2. The third-order valence-electron chi connectivity index (χ3n) is 5.51. The number of methoxy groups -OCH3 is 2. The van der Waals surface area contributed by atoms with Crippen molar-refractivity contribution in [2.24, 2.45) is 0 Å². The van der Waals surface area contributed by atoms with Crippen LogP contribution in [0.3, 0.4) is 0 Å². The number of rotatable bonds is 6. The molecule has 1 aromatic carbocycles. The first-order valence-electron chi connectivity index (χ1n) is 10.3. The molecule has 1 fully saturated rings. The zero-order valence-corrected chi connectivity index (χ0v) is 18.3. The van der Waals surface area contributed by atoms with Gasteiger partial charge in [-0.05, 0) is 37.6 Å². The third kappa shape index (κ3) is 5.61. The fourth-order valence-electron chi connectivity index (χ4n) is 3.62. The highest BCUT2D eigenvalue weighted by Crippen LogP contribution is 2.31. The lowest BCUT2D eigenvalue weighted by molar-refractivity contribution is -0.137. The summed E-state index contributed by atoms with van der Waals surface area (Å²) in [6.45, 7) is 4.33. The Bertz CT molecular complexity index is 922. The van der Waals surface area contributed by atoms with Gasteiger partial charge in [0.05, 0.1) is 25.8 Å². The summed E-state index contributed by atoms with van der Waals surface area (Å²) >= 11 is 0. The fourth-order valence-corrected chi connectivity index (χ4v) is 3.62. The second-order valence-corrected chi connectivity index (χ2v) is 7.51. The first-order chi connectivity index (χ1) is 15.2. The van der Waals surface area contributed by atoms with E-state index in [1.54, 1.807) is 25.3 Å². The van der Waals surface area contributed by atoms with Gasteiger partial charge in [0, 0.05) is 44.1 Å². The average Bonchev–Trinajstić information content (AvgIpc) is 3.04. The maximum atomic E-state index is 12.8. The van der Waals surface area contributed by atoms with Crippen molar-refractivity contribution in [3.05, 3.63) is 42.1 Å². The van der Waals surface area contributed by atoms with E-state index in [4.69, 9.17) is 9.47 Å². The summed E-state index contributed by atoms with van der Waals surface area (Å²) in [7, 11) is 3.07. The van der Waals surface area contributed by atoms with Gasteiger partial charge in [-0.3, -0.25) is 9.69 Å². The number of amides is 1. The van der Waals surface area contributed by atoms with E-state index in [9.17, 15) is 18.0 Å². The number of nitrogens with one attached hydrogen (secondary N) is 1. The summed E-state index contributed by atoms with van der Waals surface area (Å²) in [6.07, 6.45) is -2.79. The van der Waals surface area contributed by atoms with Crippen molar-refractivity contribution in [2.75, 3.05) is 50.6 Å². The van der Waals surface area contributed by atoms with E-state index in [0.29, 0.717) is 49.2 Å². The molecular formula is C22H27F3N4O3. The highest BCUT2D eigenvalue weighted by atomic mass is 19.4. The number of alkyl halides is 3. The van der Waals surface area contributed by atoms with E-state index in [1.807, 2.05) is 11.8 Å². The Morgan fingerprint density at radius 1 is 1.06 bits per heavy atom. The van der Waals surface area contributed by atoms with Gasteiger partial charge in [-0.15, -0.1) is 0 Å². The first-order valence-corrected chi connectivity index (χ1v) is 10.3. The number of carbonyl (C=O) groups is 1. The molecule has 1 saturated heterocycles. The minimum absolute atomic E-state index is 0.154. The van der Waals surface area contributed by atoms with Crippen LogP contribution in [0.2, 0.25) is 0 Å². The van der Waals surface area contributed by atoms with E-state index in [0.717, 1.165) is 18.7 Å². The zero-order chi connectivity index (χ0) is 23.3. The zero-order valence-electron chi connectivity index (χ0n) is 18.3. The molecule has 1 aliphatic heterocycles. The number of carbonyl (C=O) groups excluding carboxylic acids is 1. The molecule has 1 atom stereocenters. The molecule has 1 aromatic heterocycles. The predicted octanol–water partition coefficient (Wildman–Crippen LogP) is 3.66. The van der Waals surface area contributed by atoms with Crippen molar-refractivity contribution >= 4 is 17.4 Å². The van der Waals surface area contributed by atoms with Crippen LogP contribution in [0, 0.1) is 0 Å². The first kappa shape index (κ1) is 23.6. The van der Waals surface area contributed by atoms with Gasteiger partial charge >= 0.3 is 6.18 Å². The maximum Gasteiger partial charge on any atom is 0.417 e. The Balaban J connectivity index is 1.60. The summed E-state index contributed by atoms with van der Waals surface area (Å²) in [5, 5.41) is 2.90. The van der Waals surface area contributed by atoms with Gasteiger partial charge in [0.1, 0.15) is 5.82 Å². The molecule has 0 spiro atoms. The quantitative estimate of drug-likeness (QED) is 0.722. The summed E-state index contributed by atoms with van der Waals surface area (Å²) in [4.78, 5) is 20.8. The molecule has 3 rings (SSSR count). The van der Waals surface area contributed by atoms with Crippen molar-refractivity contribution < 1.29 is 27.4 Å². The van der Waals surface area contributed by atoms with E-state index in [-0.39, 0.29) is 11.9 Å². The molecule has 2 heterocycles. The minimum atomic E-state index is -4.40. The van der Waals surface area contributed by atoms with E-state index >= 15 is 0 Å². The molecule has 0 saturated carbocycles. The Morgan fingerprint density at radius 3 is 2.44 bits per heavy atom. The molecule has 1 amide bonds. The number of aromatic nitrogens is 1. The Morgan fingerprint density at radius 2 is 1.81 bits per heavy atom. The Kier molecular flexibility index (Phi) is 7.44. The molecule has 0 unspecified atom stereocenters. The van der Waals surface area contributed by atoms with Crippen LogP contribution in [0.1, 0.15) is 18.9 Å². The molecule has 7 nitrogen and oxygen atoms in total. The van der Waals surface area contributed by atoms with Gasteiger partial charge in [0.25, 0.3) is 0 Å². The predicted molar refractivity (Wildman–Crippen MR) is 115 cm³/mol. The van der Waals surface area contributed by atoms with Crippen LogP contribution in [0.5, 0.6) is 11.5 Å². The third-order valence-corrected chi connectivity index (χ3v) is 5.51. The van der Waals surface area contributed by atoms with Crippen LogP contribution in [0.4, 0.5) is 24.7 Å². The molecule has 1 aliphatic rings. The standard InChI is InChI=1S/C22H27F3N4O3/c1-15(21(30)27-17-6-7-18(31-2)19(13-17)32-3)28-9-4-10-29(12-11-28)20-8-5-16(14-26-20)22(23,24)25/h5-8,13-15H,4,9-12H2,1-3H3,(H,27,30)/t15-/m0/s1. The number of hydrogen-bond acceptors (Lipinski definition) is 6. The molecule has 32 heavy (non-hydrogen) atoms. The van der Waals surface area contributed by atoms with Crippen LogP contribution >= 0.6 is 0 Å². The lowest BCUT2D eigenvalue weighted by atomic mass is 10.2. The largest absolute Gasteiger partial charge is 0.493 e. The number of benzene rings is 1. The van der Waals surface area contributed by atoms with Crippen LogP contribution in [0.25, 0.3) is 0 Å². The summed E-state index contributed by atoms with van der Waals surface area (Å²) in [5.41, 5.74) is -0.164. The fraction of sp³-hybridized carbons (Fsp3) is 0.455. The second-order valence-electron chi connectivity index (χ2n) is 7.51. The number of anilines is 2. The van der Waals surface area contributed by atoms with Crippen LogP contribution < -0.4 is 19.7 Å². The van der Waals surface area contributed by atoms with Gasteiger partial charge in [-0.25, -0.2) is 4.98 Å². The van der Waals surface area contributed by atoms with Crippen LogP contribution in [0.15, 0.2) is 36.5 Å². The average molecular weight is 452 g/mol. The van der Waals surface area contributed by atoms with E-state index < -0.39 is 11.7 Å². The van der Waals surface area contributed by atoms with Crippen molar-refractivity contribution in [3.8, 4) is 11.5 Å². The number of pyridine rings is 1. The molecule has 0 aliphatic carbocycles. The van der Waals surface area contributed by atoms with Crippen LogP contribution in [-0.2, 0) is 11.0 Å². The monoisotopic (exact) mass is 452 g/mol.